The van der Waals surface area contributed by atoms with Crippen molar-refractivity contribution in [2.45, 2.75) is 0 Å². The minimum atomic E-state index is 0.574. The number of benzene rings is 19. The summed E-state index contributed by atoms with van der Waals surface area (Å²) in [6.45, 7) is 0. The third kappa shape index (κ3) is 17.6. The number of hydrogen-bond acceptors (Lipinski definition) is 15. The Hall–Kier alpha value is -20.3. The van der Waals surface area contributed by atoms with Crippen LogP contribution in [0.25, 0.3) is 278 Å². The summed E-state index contributed by atoms with van der Waals surface area (Å²) in [5.74, 6) is 5.44. The highest BCUT2D eigenvalue weighted by molar-refractivity contribution is 6.04. The van der Waals surface area contributed by atoms with Crippen molar-refractivity contribution in [1.82, 2.24) is 74.8 Å². The molecule has 19 aromatic carbocycles. The normalized spacial score (nSPS) is 11.4. The van der Waals surface area contributed by atoms with E-state index in [0.29, 0.717) is 52.4 Å². The van der Waals surface area contributed by atoms with Crippen LogP contribution in [0.1, 0.15) is 0 Å². The van der Waals surface area contributed by atoms with Gasteiger partial charge in [0.1, 0.15) is 0 Å². The summed E-state index contributed by atoms with van der Waals surface area (Å²) >= 11 is 0. The summed E-state index contributed by atoms with van der Waals surface area (Å²) < 4.78 is 0. The van der Waals surface area contributed by atoms with Gasteiger partial charge in [-0.25, -0.2) is 44.9 Å². The maximum atomic E-state index is 5.27. The van der Waals surface area contributed by atoms with Gasteiger partial charge in [-0.05, 0) is 190 Å². The molecule has 0 bridgehead atoms. The summed E-state index contributed by atoms with van der Waals surface area (Å²) in [7, 11) is 0. The molecule has 0 fully saturated rings. The predicted molar refractivity (Wildman–Crippen MR) is 603 cm³/mol. The predicted octanol–water partition coefficient (Wildman–Crippen LogP) is 32.5. The average molecular weight is 1890 g/mol. The highest BCUT2D eigenvalue weighted by Gasteiger charge is 2.25. The molecule has 0 aliphatic rings. The van der Waals surface area contributed by atoms with Crippen molar-refractivity contribution in [2.24, 2.45) is 0 Å². The second kappa shape index (κ2) is 38.6. The topological polar surface area (TPSA) is 193 Å². The highest BCUT2D eigenvalue weighted by atomic mass is 15.1. The quantitative estimate of drug-likeness (QED) is 0.0940. The average Bonchev–Trinajstić information content (AvgIpc) is 0.753. The van der Waals surface area contributed by atoms with Crippen molar-refractivity contribution in [3.63, 3.8) is 0 Å². The van der Waals surface area contributed by atoms with E-state index in [1.165, 1.54) is 0 Å². The lowest BCUT2D eigenvalue weighted by molar-refractivity contribution is 1.07. The first kappa shape index (κ1) is 87.9. The molecule has 0 aliphatic carbocycles. The van der Waals surface area contributed by atoms with Gasteiger partial charge in [0.25, 0.3) is 0 Å². The fourth-order valence-electron chi connectivity index (χ4n) is 20.0. The molecule has 0 atom stereocenters. The molecule has 9 aromatic heterocycles. The largest absolute Gasteiger partial charge is 0.256 e. The van der Waals surface area contributed by atoms with E-state index in [-0.39, 0.29) is 0 Å². The molecule has 0 unspecified atom stereocenters. The molecule has 0 aliphatic heterocycles. The van der Waals surface area contributed by atoms with Crippen molar-refractivity contribution < 1.29 is 0 Å². The van der Waals surface area contributed by atoms with Gasteiger partial charge in [0, 0.05) is 147 Å². The van der Waals surface area contributed by atoms with Crippen LogP contribution in [0.4, 0.5) is 0 Å². The Morgan fingerprint density at radius 1 is 0.122 bits per heavy atom. The number of hydrogen-bond donors (Lipinski definition) is 0. The maximum Gasteiger partial charge on any atom is 0.164 e. The van der Waals surface area contributed by atoms with E-state index in [1.807, 2.05) is 140 Å². The van der Waals surface area contributed by atoms with Crippen LogP contribution >= 0.6 is 0 Å². The van der Waals surface area contributed by atoms with Crippen LogP contribution in [0.2, 0.25) is 0 Å². The van der Waals surface area contributed by atoms with E-state index in [2.05, 4.69) is 369 Å². The first-order chi connectivity index (χ1) is 73.3. The Morgan fingerprint density at radius 2 is 0.399 bits per heavy atom. The van der Waals surface area contributed by atoms with E-state index >= 15 is 0 Å². The van der Waals surface area contributed by atoms with Gasteiger partial charge in [-0.1, -0.05) is 358 Å². The number of fused-ring (bicyclic) bond motifs is 10. The van der Waals surface area contributed by atoms with Gasteiger partial charge in [-0.2, -0.15) is 0 Å². The number of nitrogens with zero attached hydrogens (tertiary/aromatic N) is 15. The van der Waals surface area contributed by atoms with E-state index in [9.17, 15) is 0 Å². The molecule has 0 amide bonds. The molecule has 28 rings (SSSR count). The van der Waals surface area contributed by atoms with Crippen LogP contribution < -0.4 is 0 Å². The molecule has 0 saturated heterocycles. The second-order valence-electron chi connectivity index (χ2n) is 36.6. The Balaban J connectivity index is 0.000000113. The van der Waals surface area contributed by atoms with Gasteiger partial charge < -0.3 is 0 Å². The van der Waals surface area contributed by atoms with Gasteiger partial charge in [0.15, 0.2) is 52.4 Å². The summed E-state index contributed by atoms with van der Waals surface area (Å²) in [5.41, 5.74) is 20.5. The fraction of sp³-hybridized carbons (Fsp3) is 0. The lowest BCUT2D eigenvalue weighted by atomic mass is 9.94. The number of aromatic nitrogens is 15. The first-order valence-corrected chi connectivity index (χ1v) is 49.1. The zero-order valence-electron chi connectivity index (χ0n) is 79.6. The van der Waals surface area contributed by atoms with Crippen LogP contribution in [0.15, 0.2) is 504 Å². The smallest absolute Gasteiger partial charge is 0.164 e. The minimum absolute atomic E-state index is 0.574. The molecule has 0 N–H and O–H groups in total. The summed E-state index contributed by atoms with van der Waals surface area (Å²) in [6, 6.07) is 161. The standard InChI is InChI=1S/2C47H29N5.C39H25N5/c1-4-16-36-30(11-1)14-9-20-41(36)46-50-45(51-47(52-46)42-21-10-15-31-12-2-5-17-37(31)42)35-28-33(38-24-26-48-43-22-8-7-19-40(38)43)27-34(29-35)44-39-18-6-3-13-32(39)23-25-49-44;1-3-13-34-25-36(19-17-30(34)9-1)45-50-46(37-20-18-31-10-2-4-14-35(31)26-37)52-47(51-45)40-28-38(43-41-15-7-5-11-32(41)21-23-48-43)27-39(29-40)44-42-16-8-6-12-33(42)22-24-49-44;1-3-11-26(12-4-1)37-42-38(27-13-5-2-6-14-27)44-39(43-37)34-20-32(35-22-28-15-7-9-17-30(28)24-40-35)19-33(21-34)36-23-29-16-8-10-18-31(29)25-41-36/h2*1-29H;1-25H. The molecule has 15 nitrogen and oxygen atoms in total. The first-order valence-electron chi connectivity index (χ1n) is 49.1. The summed E-state index contributed by atoms with van der Waals surface area (Å²) in [6.07, 6.45) is 11.4. The van der Waals surface area contributed by atoms with Crippen molar-refractivity contribution in [3.05, 3.63) is 504 Å². The molecule has 9 heterocycles. The number of rotatable bonds is 15. The van der Waals surface area contributed by atoms with Crippen molar-refractivity contribution in [3.8, 4) is 170 Å². The molecular weight excluding hydrogens is 1810 g/mol. The second-order valence-corrected chi connectivity index (χ2v) is 36.6. The van der Waals surface area contributed by atoms with Crippen LogP contribution in [-0.2, 0) is 0 Å². The van der Waals surface area contributed by atoms with Crippen molar-refractivity contribution >= 4 is 108 Å². The van der Waals surface area contributed by atoms with E-state index in [0.717, 1.165) is 225 Å². The van der Waals surface area contributed by atoms with Crippen molar-refractivity contribution in [1.29, 1.82) is 0 Å². The third-order valence-corrected chi connectivity index (χ3v) is 27.3. The third-order valence-electron chi connectivity index (χ3n) is 27.3. The fourth-order valence-corrected chi connectivity index (χ4v) is 20.0. The van der Waals surface area contributed by atoms with Crippen molar-refractivity contribution in [2.75, 3.05) is 0 Å². The molecular formula is C133H83N15. The Kier molecular flexibility index (Phi) is 22.9. The monoisotopic (exact) mass is 1890 g/mol. The van der Waals surface area contributed by atoms with Gasteiger partial charge >= 0.3 is 0 Å². The summed E-state index contributed by atoms with van der Waals surface area (Å²) in [4.78, 5) is 75.3. The van der Waals surface area contributed by atoms with Crippen LogP contribution in [0, 0.1) is 0 Å². The molecule has 15 heteroatoms. The van der Waals surface area contributed by atoms with Gasteiger partial charge in [-0.3, -0.25) is 29.9 Å². The molecule has 0 saturated carbocycles. The van der Waals surface area contributed by atoms with Gasteiger partial charge in [0.2, 0.25) is 0 Å². The lowest BCUT2D eigenvalue weighted by Crippen LogP contribution is -2.01. The zero-order valence-corrected chi connectivity index (χ0v) is 79.6. The van der Waals surface area contributed by atoms with E-state index in [4.69, 9.17) is 69.8 Å². The van der Waals surface area contributed by atoms with Gasteiger partial charge in [0.05, 0.1) is 34.0 Å². The SMILES string of the molecule is c1ccc(-c2nc(-c3ccccc3)nc(-c3cc(-c4cc5ccccc5cn4)cc(-c4cc5ccccc5cn4)c3)n2)cc1.c1ccc2c(-c3nc(-c4cc(-c5nccc6ccccc56)cc(-c5ccnc6ccccc56)c4)nc(-c4cccc5ccccc45)n3)cccc2c1.c1ccc2cc(-c3nc(-c4cc(-c5nccc6ccccc56)cc(-c5nccc6ccccc56)c4)nc(-c4ccc5ccccc5c4)n3)ccc2c1. The van der Waals surface area contributed by atoms with E-state index < -0.39 is 0 Å². The number of pyridine rings is 6. The maximum absolute atomic E-state index is 5.27. The zero-order chi connectivity index (χ0) is 98.2. The summed E-state index contributed by atoms with van der Waals surface area (Å²) in [5, 5.41) is 21.2. The van der Waals surface area contributed by atoms with Gasteiger partial charge in [-0.15, -0.1) is 0 Å². The Labute approximate surface area is 851 Å². The lowest BCUT2D eigenvalue weighted by Gasteiger charge is -2.15. The van der Waals surface area contributed by atoms with Crippen LogP contribution in [0.3, 0.4) is 0 Å². The highest BCUT2D eigenvalue weighted by Crippen LogP contribution is 2.44. The Morgan fingerprint density at radius 3 is 0.818 bits per heavy atom. The molecule has 148 heavy (non-hydrogen) atoms. The van der Waals surface area contributed by atoms with E-state index in [1.54, 1.807) is 0 Å². The number of para-hydroxylation sites is 1. The Bertz CT molecular complexity index is 9280. The molecule has 0 spiro atoms. The molecule has 690 valence electrons. The minimum Gasteiger partial charge on any atom is -0.256 e. The molecule has 28 aromatic rings. The van der Waals surface area contributed by atoms with Crippen LogP contribution in [0.5, 0.6) is 0 Å². The van der Waals surface area contributed by atoms with Crippen LogP contribution in [-0.4, -0.2) is 74.8 Å². The molecule has 0 radical (unpaired) electrons.